The Bertz CT molecular complexity index is 677. The summed E-state index contributed by atoms with van der Waals surface area (Å²) >= 11 is 0. The van der Waals surface area contributed by atoms with Crippen LogP contribution in [0.1, 0.15) is 11.4 Å². The number of nitrogens with two attached hydrogens (primary N) is 1. The largest absolute Gasteiger partial charge is 0.398 e. The van der Waals surface area contributed by atoms with E-state index in [2.05, 4.69) is 10.1 Å². The zero-order valence-electron chi connectivity index (χ0n) is 10.0. The van der Waals surface area contributed by atoms with E-state index < -0.39 is 9.84 Å². The van der Waals surface area contributed by atoms with E-state index in [1.54, 1.807) is 18.2 Å². The molecule has 2 rings (SSSR count). The average Bonchev–Trinajstić information content (AvgIpc) is 2.68. The summed E-state index contributed by atoms with van der Waals surface area (Å²) in [6.45, 7) is 1.84. The minimum Gasteiger partial charge on any atom is -0.398 e. The Morgan fingerprint density at radius 2 is 2.11 bits per heavy atom. The molecule has 2 N–H and O–H groups in total. The average molecular weight is 267 g/mol. The van der Waals surface area contributed by atoms with Gasteiger partial charge in [-0.15, -0.1) is 0 Å². The van der Waals surface area contributed by atoms with Crippen LogP contribution in [0.3, 0.4) is 0 Å². The van der Waals surface area contributed by atoms with Crippen LogP contribution in [-0.2, 0) is 15.6 Å². The Labute approximate surface area is 105 Å². The maximum absolute atomic E-state index is 11.1. The number of rotatable bonds is 3. The molecule has 0 amide bonds. The molecule has 18 heavy (non-hydrogen) atoms. The van der Waals surface area contributed by atoms with Crippen LogP contribution < -0.4 is 5.73 Å². The highest BCUT2D eigenvalue weighted by Gasteiger charge is 2.15. The first-order chi connectivity index (χ1) is 8.37. The summed E-state index contributed by atoms with van der Waals surface area (Å²) in [7, 11) is -3.17. The fraction of sp³-hybridized carbons (Fsp3) is 0.273. The van der Waals surface area contributed by atoms with Gasteiger partial charge in [0, 0.05) is 17.5 Å². The van der Waals surface area contributed by atoms with Crippen LogP contribution in [0.2, 0.25) is 0 Å². The third-order valence-electron chi connectivity index (χ3n) is 2.47. The standard InChI is InChI=1S/C11H13N3O3S/c1-7-8(4-3-5-9(7)12)11-13-10(14-17-11)6-18(2,15)16/h3-5H,6,12H2,1-2H3. The molecule has 1 aromatic carbocycles. The molecular weight excluding hydrogens is 254 g/mol. The van der Waals surface area contributed by atoms with Gasteiger partial charge in [-0.3, -0.25) is 0 Å². The van der Waals surface area contributed by atoms with E-state index in [1.807, 2.05) is 6.92 Å². The monoisotopic (exact) mass is 267 g/mol. The second-order valence-corrected chi connectivity index (χ2v) is 6.25. The Morgan fingerprint density at radius 3 is 2.78 bits per heavy atom. The molecule has 0 bridgehead atoms. The quantitative estimate of drug-likeness (QED) is 0.838. The van der Waals surface area contributed by atoms with Crippen LogP contribution in [0.15, 0.2) is 22.7 Å². The first-order valence-corrected chi connectivity index (χ1v) is 7.28. The molecule has 0 saturated carbocycles. The maximum atomic E-state index is 11.1. The van der Waals surface area contributed by atoms with Crippen molar-refractivity contribution in [2.24, 2.45) is 0 Å². The first kappa shape index (κ1) is 12.6. The number of sulfone groups is 1. The van der Waals surface area contributed by atoms with Gasteiger partial charge in [-0.2, -0.15) is 4.98 Å². The van der Waals surface area contributed by atoms with Crippen LogP contribution in [-0.4, -0.2) is 24.8 Å². The summed E-state index contributed by atoms with van der Waals surface area (Å²) in [4.78, 5) is 4.06. The molecule has 0 spiro atoms. The van der Waals surface area contributed by atoms with Crippen molar-refractivity contribution in [2.75, 3.05) is 12.0 Å². The predicted octanol–water partition coefficient (Wildman–Crippen LogP) is 1.17. The van der Waals surface area contributed by atoms with E-state index in [0.29, 0.717) is 11.3 Å². The minimum absolute atomic E-state index is 0.148. The molecular formula is C11H13N3O3S. The highest BCUT2D eigenvalue weighted by atomic mass is 32.2. The summed E-state index contributed by atoms with van der Waals surface area (Å²) in [5.41, 5.74) is 7.94. The van der Waals surface area contributed by atoms with Crippen molar-refractivity contribution >= 4 is 15.5 Å². The van der Waals surface area contributed by atoms with E-state index in [9.17, 15) is 8.42 Å². The molecule has 1 aromatic heterocycles. The van der Waals surface area contributed by atoms with Gasteiger partial charge >= 0.3 is 0 Å². The second kappa shape index (κ2) is 4.41. The van der Waals surface area contributed by atoms with Crippen LogP contribution in [0.5, 0.6) is 0 Å². The lowest BCUT2D eigenvalue weighted by atomic mass is 10.1. The summed E-state index contributed by atoms with van der Waals surface area (Å²) in [5, 5.41) is 3.64. The number of hydrogen-bond donors (Lipinski definition) is 1. The van der Waals surface area contributed by atoms with Crippen LogP contribution in [0, 0.1) is 6.92 Å². The van der Waals surface area contributed by atoms with E-state index in [4.69, 9.17) is 10.3 Å². The van der Waals surface area contributed by atoms with Gasteiger partial charge in [-0.05, 0) is 24.6 Å². The molecule has 1 heterocycles. The molecule has 0 atom stereocenters. The highest BCUT2D eigenvalue weighted by Crippen LogP contribution is 2.25. The number of benzene rings is 1. The van der Waals surface area contributed by atoms with E-state index >= 15 is 0 Å². The molecule has 0 saturated heterocycles. The summed E-state index contributed by atoms with van der Waals surface area (Å²) in [5.74, 6) is 0.186. The number of aromatic nitrogens is 2. The molecule has 0 unspecified atom stereocenters. The smallest absolute Gasteiger partial charge is 0.258 e. The van der Waals surface area contributed by atoms with Gasteiger partial charge in [-0.1, -0.05) is 11.2 Å². The van der Waals surface area contributed by atoms with Gasteiger partial charge in [0.1, 0.15) is 5.75 Å². The molecule has 2 aromatic rings. The van der Waals surface area contributed by atoms with Crippen molar-refractivity contribution < 1.29 is 12.9 Å². The molecule has 0 aliphatic heterocycles. The fourth-order valence-corrected chi connectivity index (χ4v) is 2.13. The van der Waals surface area contributed by atoms with Crippen molar-refractivity contribution in [3.05, 3.63) is 29.6 Å². The van der Waals surface area contributed by atoms with E-state index in [0.717, 1.165) is 11.8 Å². The summed E-state index contributed by atoms with van der Waals surface area (Å²) in [6, 6.07) is 5.34. The molecule has 0 radical (unpaired) electrons. The third-order valence-corrected chi connectivity index (χ3v) is 3.25. The lowest BCUT2D eigenvalue weighted by Crippen LogP contribution is -2.02. The molecule has 6 nitrogen and oxygen atoms in total. The van der Waals surface area contributed by atoms with Gasteiger partial charge < -0.3 is 10.3 Å². The predicted molar refractivity (Wildman–Crippen MR) is 67.4 cm³/mol. The lowest BCUT2D eigenvalue weighted by molar-refractivity contribution is 0.424. The Hall–Kier alpha value is -1.89. The van der Waals surface area contributed by atoms with Gasteiger partial charge in [0.2, 0.25) is 0 Å². The summed E-state index contributed by atoms with van der Waals surface area (Å²) < 4.78 is 27.3. The molecule has 7 heteroatoms. The normalized spacial score (nSPS) is 11.7. The molecule has 96 valence electrons. The Balaban J connectivity index is 2.38. The number of nitrogen functional groups attached to an aromatic ring is 1. The Morgan fingerprint density at radius 1 is 1.39 bits per heavy atom. The lowest BCUT2D eigenvalue weighted by Gasteiger charge is -2.02. The summed E-state index contributed by atoms with van der Waals surface area (Å²) in [6.07, 6.45) is 1.12. The molecule has 0 fully saturated rings. The SMILES string of the molecule is Cc1c(N)cccc1-c1nc(CS(C)(=O)=O)no1. The third kappa shape index (κ3) is 2.67. The van der Waals surface area contributed by atoms with Crippen molar-refractivity contribution in [1.82, 2.24) is 10.1 Å². The second-order valence-electron chi connectivity index (χ2n) is 4.11. The fourth-order valence-electron chi connectivity index (χ4n) is 1.54. The van der Waals surface area contributed by atoms with Crippen LogP contribution in [0.25, 0.3) is 11.5 Å². The number of anilines is 1. The van der Waals surface area contributed by atoms with Crippen molar-refractivity contribution in [1.29, 1.82) is 0 Å². The molecule has 0 aliphatic carbocycles. The first-order valence-electron chi connectivity index (χ1n) is 5.22. The maximum Gasteiger partial charge on any atom is 0.258 e. The van der Waals surface area contributed by atoms with Crippen LogP contribution in [0.4, 0.5) is 5.69 Å². The highest BCUT2D eigenvalue weighted by molar-refractivity contribution is 7.89. The van der Waals surface area contributed by atoms with Crippen molar-refractivity contribution in [2.45, 2.75) is 12.7 Å². The van der Waals surface area contributed by atoms with Gasteiger partial charge in [0.25, 0.3) is 5.89 Å². The number of nitrogens with zero attached hydrogens (tertiary/aromatic N) is 2. The van der Waals surface area contributed by atoms with Gasteiger partial charge in [0.05, 0.1) is 0 Å². The van der Waals surface area contributed by atoms with Crippen LogP contribution >= 0.6 is 0 Å². The Kier molecular flexibility index (Phi) is 3.08. The zero-order chi connectivity index (χ0) is 13.3. The molecule has 0 aliphatic rings. The zero-order valence-corrected chi connectivity index (χ0v) is 10.9. The number of hydrogen-bond acceptors (Lipinski definition) is 6. The topological polar surface area (TPSA) is 99.1 Å². The van der Waals surface area contributed by atoms with E-state index in [1.165, 1.54) is 0 Å². The minimum atomic E-state index is -3.17. The van der Waals surface area contributed by atoms with Gasteiger partial charge in [0.15, 0.2) is 15.7 Å². The van der Waals surface area contributed by atoms with E-state index in [-0.39, 0.29) is 17.5 Å². The van der Waals surface area contributed by atoms with Crippen molar-refractivity contribution in [3.63, 3.8) is 0 Å². The van der Waals surface area contributed by atoms with Crippen molar-refractivity contribution in [3.8, 4) is 11.5 Å². The van der Waals surface area contributed by atoms with Gasteiger partial charge in [-0.25, -0.2) is 8.42 Å².